The van der Waals surface area contributed by atoms with E-state index < -0.39 is 17.1 Å². The van der Waals surface area contributed by atoms with Crippen LogP contribution >= 0.6 is 0 Å². The Hall–Kier alpha value is -3.15. The number of anilines is 1. The molecule has 0 radical (unpaired) electrons. The maximum absolute atomic E-state index is 12.0. The van der Waals surface area contributed by atoms with E-state index in [9.17, 15) is 14.4 Å². The number of hydrogen-bond acceptors (Lipinski definition) is 4. The van der Waals surface area contributed by atoms with Gasteiger partial charge in [0.05, 0.1) is 0 Å². The largest absolute Gasteiger partial charge is 0.421 e. The van der Waals surface area contributed by atoms with Gasteiger partial charge >= 0.3 is 5.63 Å². The van der Waals surface area contributed by atoms with Crippen molar-refractivity contribution < 1.29 is 9.21 Å². The number of rotatable bonds is 2. The van der Waals surface area contributed by atoms with Gasteiger partial charge in [0, 0.05) is 11.6 Å². The molecule has 3 aromatic rings. The minimum atomic E-state index is -0.672. The lowest BCUT2D eigenvalue weighted by Gasteiger charge is -2.04. The third kappa shape index (κ3) is 2.46. The SMILES string of the molecule is O=C(Nc1cc2ccccc2oc1=O)c1ccc[nH]c1=O. The third-order valence-electron chi connectivity index (χ3n) is 2.95. The van der Waals surface area contributed by atoms with Gasteiger partial charge < -0.3 is 14.7 Å². The van der Waals surface area contributed by atoms with Crippen molar-refractivity contribution >= 4 is 22.6 Å². The molecular weight excluding hydrogens is 272 g/mol. The van der Waals surface area contributed by atoms with Gasteiger partial charge in [0.1, 0.15) is 16.8 Å². The number of aromatic nitrogens is 1. The zero-order valence-corrected chi connectivity index (χ0v) is 10.8. The van der Waals surface area contributed by atoms with Crippen molar-refractivity contribution in [3.63, 3.8) is 0 Å². The van der Waals surface area contributed by atoms with Gasteiger partial charge in [-0.05, 0) is 24.3 Å². The van der Waals surface area contributed by atoms with E-state index in [-0.39, 0.29) is 11.3 Å². The quantitative estimate of drug-likeness (QED) is 0.700. The van der Waals surface area contributed by atoms with Crippen LogP contribution in [0.15, 0.2) is 62.7 Å². The molecule has 0 spiro atoms. The predicted octanol–water partition coefficient (Wildman–Crippen LogP) is 1.73. The van der Waals surface area contributed by atoms with Crippen LogP contribution < -0.4 is 16.5 Å². The third-order valence-corrected chi connectivity index (χ3v) is 2.95. The number of nitrogens with one attached hydrogen (secondary N) is 2. The summed E-state index contributed by atoms with van der Waals surface area (Å²) in [5.41, 5.74) is -0.861. The van der Waals surface area contributed by atoms with Crippen molar-refractivity contribution in [2.75, 3.05) is 5.32 Å². The maximum atomic E-state index is 12.0. The molecule has 1 amide bonds. The fraction of sp³-hybridized carbons (Fsp3) is 0. The molecule has 3 rings (SSSR count). The van der Waals surface area contributed by atoms with E-state index in [0.29, 0.717) is 11.0 Å². The second-order valence-corrected chi connectivity index (χ2v) is 4.35. The van der Waals surface area contributed by atoms with Crippen molar-refractivity contribution in [3.8, 4) is 0 Å². The topological polar surface area (TPSA) is 92.2 Å². The number of benzene rings is 1. The van der Waals surface area contributed by atoms with E-state index in [1.807, 2.05) is 0 Å². The molecule has 0 saturated heterocycles. The molecule has 104 valence electrons. The molecular formula is C15H10N2O4. The van der Waals surface area contributed by atoms with Crippen molar-refractivity contribution in [3.05, 3.63) is 75.0 Å². The van der Waals surface area contributed by atoms with Gasteiger partial charge in [0.25, 0.3) is 11.5 Å². The molecule has 0 aliphatic carbocycles. The van der Waals surface area contributed by atoms with Crippen LogP contribution in [-0.4, -0.2) is 10.9 Å². The molecule has 0 aliphatic heterocycles. The fourth-order valence-electron chi connectivity index (χ4n) is 1.94. The summed E-state index contributed by atoms with van der Waals surface area (Å²) >= 11 is 0. The molecule has 0 unspecified atom stereocenters. The summed E-state index contributed by atoms with van der Waals surface area (Å²) < 4.78 is 5.10. The highest BCUT2D eigenvalue weighted by molar-refractivity contribution is 6.04. The van der Waals surface area contributed by atoms with Crippen LogP contribution in [0.2, 0.25) is 0 Å². The van der Waals surface area contributed by atoms with Crippen molar-refractivity contribution in [1.29, 1.82) is 0 Å². The zero-order chi connectivity index (χ0) is 14.8. The van der Waals surface area contributed by atoms with Gasteiger partial charge in [-0.2, -0.15) is 0 Å². The van der Waals surface area contributed by atoms with Crippen LogP contribution in [0.5, 0.6) is 0 Å². The molecule has 21 heavy (non-hydrogen) atoms. The Morgan fingerprint density at radius 3 is 2.71 bits per heavy atom. The summed E-state index contributed by atoms with van der Waals surface area (Å²) in [6.07, 6.45) is 1.42. The van der Waals surface area contributed by atoms with Gasteiger partial charge in [0.15, 0.2) is 0 Å². The number of aromatic amines is 1. The van der Waals surface area contributed by atoms with Crippen molar-refractivity contribution in [2.45, 2.75) is 0 Å². The first-order valence-corrected chi connectivity index (χ1v) is 6.17. The summed E-state index contributed by atoms with van der Waals surface area (Å²) in [5.74, 6) is -0.667. The first-order chi connectivity index (χ1) is 10.1. The number of pyridine rings is 1. The molecule has 0 bridgehead atoms. The van der Waals surface area contributed by atoms with Gasteiger partial charge in [-0.3, -0.25) is 9.59 Å². The summed E-state index contributed by atoms with van der Waals surface area (Å²) in [6, 6.07) is 11.3. The minimum Gasteiger partial charge on any atom is -0.421 e. The van der Waals surface area contributed by atoms with Crippen LogP contribution in [-0.2, 0) is 0 Å². The number of carbonyl (C=O) groups is 1. The molecule has 1 aromatic carbocycles. The van der Waals surface area contributed by atoms with Gasteiger partial charge in [0.2, 0.25) is 0 Å². The monoisotopic (exact) mass is 282 g/mol. The number of para-hydroxylation sites is 1. The summed E-state index contributed by atoms with van der Waals surface area (Å²) in [5, 5.41) is 3.07. The van der Waals surface area contributed by atoms with E-state index in [1.54, 1.807) is 24.3 Å². The molecule has 0 fully saturated rings. The lowest BCUT2D eigenvalue weighted by atomic mass is 10.2. The summed E-state index contributed by atoms with van der Waals surface area (Å²) in [6.45, 7) is 0. The highest BCUT2D eigenvalue weighted by Gasteiger charge is 2.13. The molecule has 6 nitrogen and oxygen atoms in total. The van der Waals surface area contributed by atoms with Gasteiger partial charge in [-0.15, -0.1) is 0 Å². The average Bonchev–Trinajstić information content (AvgIpc) is 2.48. The second-order valence-electron chi connectivity index (χ2n) is 4.35. The zero-order valence-electron chi connectivity index (χ0n) is 10.8. The Balaban J connectivity index is 2.00. The Morgan fingerprint density at radius 2 is 1.90 bits per heavy atom. The molecule has 0 aliphatic rings. The highest BCUT2D eigenvalue weighted by atomic mass is 16.4. The Kier molecular flexibility index (Phi) is 3.12. The molecule has 2 heterocycles. The normalized spacial score (nSPS) is 10.5. The summed E-state index contributed by atoms with van der Waals surface area (Å²) in [7, 11) is 0. The molecule has 2 aromatic heterocycles. The fourth-order valence-corrected chi connectivity index (χ4v) is 1.94. The Labute approximate surface area is 118 Å². The number of hydrogen-bond donors (Lipinski definition) is 2. The lowest BCUT2D eigenvalue weighted by Crippen LogP contribution is -2.24. The molecule has 2 N–H and O–H groups in total. The van der Waals surface area contributed by atoms with Gasteiger partial charge in [-0.25, -0.2) is 4.79 Å². The molecule has 6 heteroatoms. The van der Waals surface area contributed by atoms with Crippen LogP contribution in [0.1, 0.15) is 10.4 Å². The molecule has 0 atom stereocenters. The van der Waals surface area contributed by atoms with Gasteiger partial charge in [-0.1, -0.05) is 18.2 Å². The standard InChI is InChI=1S/C15H10N2O4/c18-13-10(5-3-7-16-13)14(19)17-11-8-9-4-1-2-6-12(9)21-15(11)20/h1-8H,(H,16,18)(H,17,19). The van der Waals surface area contributed by atoms with Crippen LogP contribution in [0, 0.1) is 0 Å². The molecule has 0 saturated carbocycles. The van der Waals surface area contributed by atoms with E-state index in [4.69, 9.17) is 4.42 Å². The van der Waals surface area contributed by atoms with Crippen molar-refractivity contribution in [1.82, 2.24) is 4.98 Å². The second kappa shape index (κ2) is 5.09. The number of fused-ring (bicyclic) bond motifs is 1. The first-order valence-electron chi connectivity index (χ1n) is 6.17. The Bertz CT molecular complexity index is 940. The van der Waals surface area contributed by atoms with E-state index >= 15 is 0 Å². The number of amides is 1. The van der Waals surface area contributed by atoms with Crippen LogP contribution in [0.25, 0.3) is 11.0 Å². The summed E-state index contributed by atoms with van der Waals surface area (Å²) in [4.78, 5) is 37.8. The average molecular weight is 282 g/mol. The lowest BCUT2D eigenvalue weighted by molar-refractivity contribution is 0.102. The Morgan fingerprint density at radius 1 is 1.10 bits per heavy atom. The van der Waals surface area contributed by atoms with Crippen molar-refractivity contribution in [2.24, 2.45) is 0 Å². The minimum absolute atomic E-state index is 0.0121. The van der Waals surface area contributed by atoms with Crippen LogP contribution in [0.4, 0.5) is 5.69 Å². The smallest absolute Gasteiger partial charge is 0.360 e. The maximum Gasteiger partial charge on any atom is 0.360 e. The van der Waals surface area contributed by atoms with E-state index in [0.717, 1.165) is 0 Å². The number of carbonyl (C=O) groups excluding carboxylic acids is 1. The van der Waals surface area contributed by atoms with E-state index in [2.05, 4.69) is 10.3 Å². The first kappa shape index (κ1) is 12.9. The highest BCUT2D eigenvalue weighted by Crippen LogP contribution is 2.15. The van der Waals surface area contributed by atoms with E-state index in [1.165, 1.54) is 24.4 Å². The predicted molar refractivity (Wildman–Crippen MR) is 77.5 cm³/mol. The number of H-pyrrole nitrogens is 1. The van der Waals surface area contributed by atoms with Crippen LogP contribution in [0.3, 0.4) is 0 Å².